The lowest BCUT2D eigenvalue weighted by Crippen LogP contribution is -2.38. The first-order valence-corrected chi connectivity index (χ1v) is 10.5. The molecule has 3 amide bonds. The van der Waals surface area contributed by atoms with Gasteiger partial charge in [0.15, 0.2) is 0 Å². The minimum Gasteiger partial charge on any atom is -0.464 e. The van der Waals surface area contributed by atoms with Crippen molar-refractivity contribution in [1.82, 2.24) is 10.2 Å². The second-order valence-corrected chi connectivity index (χ2v) is 8.28. The minimum absolute atomic E-state index is 0.114. The van der Waals surface area contributed by atoms with Crippen molar-refractivity contribution in [2.75, 3.05) is 13.2 Å². The van der Waals surface area contributed by atoms with Gasteiger partial charge in [-0.05, 0) is 28.1 Å². The number of nitrogens with zero attached hydrogens (tertiary/aromatic N) is 1. The first kappa shape index (κ1) is 22.2. The number of ether oxygens (including phenoxy) is 2. The van der Waals surface area contributed by atoms with E-state index in [0.29, 0.717) is 20.9 Å². The zero-order valence-electron chi connectivity index (χ0n) is 15.5. The summed E-state index contributed by atoms with van der Waals surface area (Å²) in [5, 5.41) is 2.60. The van der Waals surface area contributed by atoms with Gasteiger partial charge in [-0.2, -0.15) is 0 Å². The van der Waals surface area contributed by atoms with Gasteiger partial charge in [0.2, 0.25) is 5.91 Å². The molecule has 0 bridgehead atoms. The monoisotopic (exact) mass is 542 g/mol. The van der Waals surface area contributed by atoms with Gasteiger partial charge in [0.25, 0.3) is 11.8 Å². The van der Waals surface area contributed by atoms with Crippen molar-refractivity contribution in [3.63, 3.8) is 0 Å². The van der Waals surface area contributed by atoms with Crippen LogP contribution in [0.2, 0.25) is 0 Å². The maximum absolute atomic E-state index is 12.4. The van der Waals surface area contributed by atoms with Crippen LogP contribution in [0.5, 0.6) is 5.75 Å². The van der Waals surface area contributed by atoms with E-state index >= 15 is 0 Å². The Morgan fingerprint density at radius 1 is 1.17 bits per heavy atom. The number of cyclic esters (lactones) is 1. The second-order valence-electron chi connectivity index (χ2n) is 6.51. The van der Waals surface area contributed by atoms with Crippen LogP contribution in [0.3, 0.4) is 0 Å². The fourth-order valence-corrected chi connectivity index (χ4v) is 4.32. The lowest BCUT2D eigenvalue weighted by molar-refractivity contribution is -0.141. The van der Waals surface area contributed by atoms with Gasteiger partial charge in [-0.25, -0.2) is 4.79 Å². The van der Waals surface area contributed by atoms with E-state index in [1.54, 1.807) is 12.1 Å². The van der Waals surface area contributed by atoms with Gasteiger partial charge in [-0.1, -0.05) is 15.9 Å². The molecular formula is C19H16Br2N2O7. The summed E-state index contributed by atoms with van der Waals surface area (Å²) in [6.45, 7) is 0.143. The molecule has 0 aromatic heterocycles. The van der Waals surface area contributed by atoms with Gasteiger partial charge < -0.3 is 14.8 Å². The third-order valence-electron chi connectivity index (χ3n) is 4.36. The van der Waals surface area contributed by atoms with E-state index in [1.807, 2.05) is 0 Å². The van der Waals surface area contributed by atoms with Gasteiger partial charge in [-0.3, -0.25) is 24.1 Å². The fraction of sp³-hybridized carbons (Fsp3) is 0.316. The van der Waals surface area contributed by atoms with Crippen LogP contribution < -0.4 is 10.1 Å². The van der Waals surface area contributed by atoms with Crippen LogP contribution >= 0.6 is 31.9 Å². The number of amides is 3. The van der Waals surface area contributed by atoms with Crippen molar-refractivity contribution >= 4 is 61.5 Å². The Balaban J connectivity index is 1.65. The Bertz CT molecular complexity index is 942. The normalized spacial score (nSPS) is 18.0. The smallest absolute Gasteiger partial charge is 0.328 e. The molecule has 158 valence electrons. The maximum Gasteiger partial charge on any atom is 0.328 e. The molecule has 0 radical (unpaired) electrons. The fourth-order valence-electron chi connectivity index (χ4n) is 2.92. The molecule has 3 rings (SSSR count). The molecule has 2 aliphatic heterocycles. The van der Waals surface area contributed by atoms with Gasteiger partial charge in [0.1, 0.15) is 11.8 Å². The summed E-state index contributed by atoms with van der Waals surface area (Å²) >= 11 is 6.63. The maximum atomic E-state index is 12.4. The van der Waals surface area contributed by atoms with Crippen LogP contribution in [-0.2, 0) is 35.1 Å². The third-order valence-corrected chi connectivity index (χ3v) is 5.41. The predicted octanol–water partition coefficient (Wildman–Crippen LogP) is 1.41. The van der Waals surface area contributed by atoms with Crippen molar-refractivity contribution < 1.29 is 33.4 Å². The van der Waals surface area contributed by atoms with Gasteiger partial charge in [0, 0.05) is 35.2 Å². The molecule has 0 saturated carbocycles. The average molecular weight is 544 g/mol. The van der Waals surface area contributed by atoms with E-state index in [0.717, 1.165) is 17.1 Å². The third kappa shape index (κ3) is 5.33. The Labute approximate surface area is 188 Å². The summed E-state index contributed by atoms with van der Waals surface area (Å²) in [4.78, 5) is 60.3. The second kappa shape index (κ2) is 9.52. The number of imide groups is 1. The molecule has 1 N–H and O–H groups in total. The Morgan fingerprint density at radius 2 is 1.87 bits per heavy atom. The Kier molecular flexibility index (Phi) is 7.03. The Morgan fingerprint density at radius 3 is 2.50 bits per heavy atom. The van der Waals surface area contributed by atoms with Crippen molar-refractivity contribution in [3.05, 3.63) is 38.8 Å². The number of hydrogen-bond acceptors (Lipinski definition) is 7. The van der Waals surface area contributed by atoms with Gasteiger partial charge >= 0.3 is 11.9 Å². The summed E-state index contributed by atoms with van der Waals surface area (Å²) in [6, 6.07) is 2.58. The summed E-state index contributed by atoms with van der Waals surface area (Å²) in [5.41, 5.74) is 0.406. The molecule has 11 heteroatoms. The quantitative estimate of drug-likeness (QED) is 0.313. The number of carbonyl (C=O) groups is 5. The molecule has 2 aliphatic rings. The van der Waals surface area contributed by atoms with Crippen molar-refractivity contribution in [2.24, 2.45) is 0 Å². The number of nitrogens with one attached hydrogen (secondary N) is 1. The van der Waals surface area contributed by atoms with Crippen LogP contribution in [0.4, 0.5) is 0 Å². The average Bonchev–Trinajstić information content (AvgIpc) is 3.21. The molecule has 1 aromatic carbocycles. The zero-order valence-corrected chi connectivity index (χ0v) is 18.7. The van der Waals surface area contributed by atoms with Gasteiger partial charge in [0.05, 0.1) is 23.9 Å². The minimum atomic E-state index is -0.691. The number of hydrogen-bond donors (Lipinski definition) is 1. The van der Waals surface area contributed by atoms with E-state index < -0.39 is 35.7 Å². The van der Waals surface area contributed by atoms with E-state index in [2.05, 4.69) is 37.2 Å². The van der Waals surface area contributed by atoms with Crippen molar-refractivity contribution in [1.29, 1.82) is 0 Å². The molecular weight excluding hydrogens is 528 g/mol. The van der Waals surface area contributed by atoms with Crippen LogP contribution in [0.15, 0.2) is 33.2 Å². The molecule has 2 heterocycles. The molecule has 1 fully saturated rings. The molecule has 0 unspecified atom stereocenters. The molecule has 0 aliphatic carbocycles. The summed E-state index contributed by atoms with van der Waals surface area (Å²) in [7, 11) is 0. The topological polar surface area (TPSA) is 119 Å². The zero-order chi connectivity index (χ0) is 21.8. The highest BCUT2D eigenvalue weighted by atomic mass is 79.9. The van der Waals surface area contributed by atoms with Crippen LogP contribution in [-0.4, -0.2) is 53.8 Å². The van der Waals surface area contributed by atoms with E-state index in [4.69, 9.17) is 9.47 Å². The lowest BCUT2D eigenvalue weighted by Gasteiger charge is -2.16. The summed E-state index contributed by atoms with van der Waals surface area (Å²) < 4.78 is 11.3. The summed E-state index contributed by atoms with van der Waals surface area (Å²) in [6.07, 6.45) is 2.32. The largest absolute Gasteiger partial charge is 0.464 e. The predicted molar refractivity (Wildman–Crippen MR) is 109 cm³/mol. The summed E-state index contributed by atoms with van der Waals surface area (Å²) in [5.74, 6) is -2.41. The van der Waals surface area contributed by atoms with Gasteiger partial charge in [-0.15, -0.1) is 0 Å². The number of benzene rings is 1. The molecule has 30 heavy (non-hydrogen) atoms. The Hall–Kier alpha value is -2.53. The van der Waals surface area contributed by atoms with E-state index in [9.17, 15) is 24.0 Å². The van der Waals surface area contributed by atoms with E-state index in [-0.39, 0.29) is 31.7 Å². The van der Waals surface area contributed by atoms with Crippen LogP contribution in [0.1, 0.15) is 18.4 Å². The molecule has 0 spiro atoms. The first-order chi connectivity index (χ1) is 14.2. The first-order valence-electron chi connectivity index (χ1n) is 8.92. The number of rotatable bonds is 7. The van der Waals surface area contributed by atoms with Crippen molar-refractivity contribution in [2.45, 2.75) is 25.3 Å². The molecule has 9 nitrogen and oxygen atoms in total. The number of carbonyl (C=O) groups excluding carboxylic acids is 5. The molecule has 1 atom stereocenters. The van der Waals surface area contributed by atoms with Crippen LogP contribution in [0.25, 0.3) is 0 Å². The highest BCUT2D eigenvalue weighted by molar-refractivity contribution is 9.11. The number of esters is 2. The standard InChI is InChI=1S/C19H16Br2N2O7/c20-11-7-10(8-14(24)22-13-4-6-29-19(13)28)18(12(21)9-11)30-17(27)3-5-23-15(25)1-2-16(23)26/h1-2,7,9,13H,3-6,8H2,(H,22,24)/t13-/m0/s1. The SMILES string of the molecule is O=C(Cc1cc(Br)cc(Br)c1OC(=O)CCN1C(=O)C=CC1=O)N[C@H]1CCOC1=O. The van der Waals surface area contributed by atoms with Crippen molar-refractivity contribution in [3.8, 4) is 5.75 Å². The number of halogens is 2. The molecule has 1 aromatic rings. The highest BCUT2D eigenvalue weighted by Crippen LogP contribution is 2.33. The van der Waals surface area contributed by atoms with Crippen LogP contribution in [0, 0.1) is 0 Å². The lowest BCUT2D eigenvalue weighted by atomic mass is 10.1. The highest BCUT2D eigenvalue weighted by Gasteiger charge is 2.29. The van der Waals surface area contributed by atoms with E-state index in [1.165, 1.54) is 0 Å². The molecule has 1 saturated heterocycles.